The molecular formula is C8H19NO3S. The fourth-order valence-corrected chi connectivity index (χ4v) is 2.87. The van der Waals surface area contributed by atoms with E-state index in [0.29, 0.717) is 0 Å². The maximum Gasteiger partial charge on any atom is 0.212 e. The van der Waals surface area contributed by atoms with Gasteiger partial charge in [0.15, 0.2) is 0 Å². The van der Waals surface area contributed by atoms with Gasteiger partial charge in [0.2, 0.25) is 10.0 Å². The van der Waals surface area contributed by atoms with Gasteiger partial charge in [-0.05, 0) is 12.3 Å². The second-order valence-corrected chi connectivity index (χ2v) is 6.28. The van der Waals surface area contributed by atoms with Crippen molar-refractivity contribution in [2.75, 3.05) is 12.4 Å². The number of hydrogen-bond donors (Lipinski definition) is 2. The topological polar surface area (TPSA) is 66.4 Å². The third-order valence-electron chi connectivity index (χ3n) is 1.28. The zero-order chi connectivity index (χ0) is 10.7. The maximum atomic E-state index is 11.4. The quantitative estimate of drug-likeness (QED) is 0.701. The highest BCUT2D eigenvalue weighted by Crippen LogP contribution is 2.15. The van der Waals surface area contributed by atoms with Crippen LogP contribution in [0.4, 0.5) is 0 Å². The average molecular weight is 209 g/mol. The molecule has 0 radical (unpaired) electrons. The van der Waals surface area contributed by atoms with E-state index in [9.17, 15) is 8.42 Å². The summed E-state index contributed by atoms with van der Waals surface area (Å²) < 4.78 is 25.2. The van der Waals surface area contributed by atoms with Crippen molar-refractivity contribution in [1.29, 1.82) is 0 Å². The van der Waals surface area contributed by atoms with Gasteiger partial charge in [-0.15, -0.1) is 0 Å². The SMILES string of the molecule is CC(CO)NS(=O)(=O)CC(C)(C)C. The highest BCUT2D eigenvalue weighted by atomic mass is 32.2. The largest absolute Gasteiger partial charge is 0.395 e. The fourth-order valence-electron chi connectivity index (χ4n) is 0.956. The summed E-state index contributed by atoms with van der Waals surface area (Å²) in [6.07, 6.45) is 0. The average Bonchev–Trinajstić information content (AvgIpc) is 1.80. The molecule has 1 unspecified atom stereocenters. The molecule has 0 bridgehead atoms. The zero-order valence-electron chi connectivity index (χ0n) is 8.66. The van der Waals surface area contributed by atoms with Crippen LogP contribution >= 0.6 is 0 Å². The minimum Gasteiger partial charge on any atom is -0.395 e. The predicted molar refractivity (Wildman–Crippen MR) is 52.9 cm³/mol. The van der Waals surface area contributed by atoms with Gasteiger partial charge in [0.25, 0.3) is 0 Å². The van der Waals surface area contributed by atoms with E-state index in [4.69, 9.17) is 5.11 Å². The van der Waals surface area contributed by atoms with Gasteiger partial charge < -0.3 is 5.11 Å². The highest BCUT2D eigenvalue weighted by Gasteiger charge is 2.22. The molecule has 5 heteroatoms. The van der Waals surface area contributed by atoms with Crippen molar-refractivity contribution in [3.63, 3.8) is 0 Å². The Balaban J connectivity index is 4.27. The normalized spacial score (nSPS) is 15.8. The van der Waals surface area contributed by atoms with Gasteiger partial charge in [0.05, 0.1) is 12.4 Å². The van der Waals surface area contributed by atoms with Crippen molar-refractivity contribution in [1.82, 2.24) is 4.72 Å². The predicted octanol–water partition coefficient (Wildman–Crippen LogP) is 0.333. The number of aliphatic hydroxyl groups excluding tert-OH is 1. The Morgan fingerprint density at radius 2 is 1.85 bits per heavy atom. The van der Waals surface area contributed by atoms with E-state index in [1.165, 1.54) is 0 Å². The van der Waals surface area contributed by atoms with Crippen LogP contribution in [0.15, 0.2) is 0 Å². The molecule has 1 atom stereocenters. The summed E-state index contributed by atoms with van der Waals surface area (Å²) in [7, 11) is -3.26. The summed E-state index contributed by atoms with van der Waals surface area (Å²) >= 11 is 0. The lowest BCUT2D eigenvalue weighted by atomic mass is 10.0. The first-order chi connectivity index (χ1) is 5.66. The minimum absolute atomic E-state index is 0.0737. The second kappa shape index (κ2) is 4.39. The van der Waals surface area contributed by atoms with Crippen molar-refractivity contribution >= 4 is 10.0 Å². The van der Waals surface area contributed by atoms with Crippen LogP contribution in [0.3, 0.4) is 0 Å². The van der Waals surface area contributed by atoms with Crippen molar-refractivity contribution in [3.8, 4) is 0 Å². The first kappa shape index (κ1) is 12.9. The van der Waals surface area contributed by atoms with Crippen molar-refractivity contribution in [2.45, 2.75) is 33.7 Å². The second-order valence-electron chi connectivity index (χ2n) is 4.52. The summed E-state index contributed by atoms with van der Waals surface area (Å²) in [6, 6.07) is -0.410. The Morgan fingerprint density at radius 3 is 2.15 bits per heavy atom. The number of nitrogens with one attached hydrogen (secondary N) is 1. The summed E-state index contributed by atoms with van der Waals surface area (Å²) in [6.45, 7) is 7.02. The van der Waals surface area contributed by atoms with Crippen molar-refractivity contribution in [3.05, 3.63) is 0 Å². The number of aliphatic hydroxyl groups is 1. The van der Waals surface area contributed by atoms with E-state index >= 15 is 0 Å². The standard InChI is InChI=1S/C8H19NO3S/c1-7(5-10)9-13(11,12)6-8(2,3)4/h7,9-10H,5-6H2,1-4H3. The Hall–Kier alpha value is -0.130. The first-order valence-corrected chi connectivity index (χ1v) is 5.92. The molecule has 0 saturated heterocycles. The molecule has 0 aromatic carbocycles. The highest BCUT2D eigenvalue weighted by molar-refractivity contribution is 7.89. The molecule has 0 amide bonds. The van der Waals surface area contributed by atoms with Gasteiger partial charge in [-0.1, -0.05) is 20.8 Å². The molecule has 2 N–H and O–H groups in total. The third-order valence-corrected chi connectivity index (χ3v) is 3.29. The molecule has 0 fully saturated rings. The van der Waals surface area contributed by atoms with Crippen LogP contribution < -0.4 is 4.72 Å². The van der Waals surface area contributed by atoms with Crippen LogP contribution in [0.25, 0.3) is 0 Å². The molecule has 80 valence electrons. The van der Waals surface area contributed by atoms with Crippen LogP contribution in [-0.2, 0) is 10.0 Å². The third kappa shape index (κ3) is 6.98. The Kier molecular flexibility index (Phi) is 4.35. The molecule has 0 aromatic rings. The molecule has 13 heavy (non-hydrogen) atoms. The van der Waals surface area contributed by atoms with E-state index in [2.05, 4.69) is 4.72 Å². The van der Waals surface area contributed by atoms with Crippen LogP contribution in [0.2, 0.25) is 0 Å². The summed E-state index contributed by atoms with van der Waals surface area (Å²) in [5, 5.41) is 8.67. The Morgan fingerprint density at radius 1 is 1.38 bits per heavy atom. The number of hydrogen-bond acceptors (Lipinski definition) is 3. The van der Waals surface area contributed by atoms with E-state index in [1.807, 2.05) is 20.8 Å². The molecule has 4 nitrogen and oxygen atoms in total. The fraction of sp³-hybridized carbons (Fsp3) is 1.00. The first-order valence-electron chi connectivity index (χ1n) is 4.27. The van der Waals surface area contributed by atoms with Crippen molar-refractivity contribution < 1.29 is 13.5 Å². The van der Waals surface area contributed by atoms with Crippen LogP contribution in [0, 0.1) is 5.41 Å². The lowest BCUT2D eigenvalue weighted by Gasteiger charge is -2.20. The minimum atomic E-state index is -3.26. The van der Waals surface area contributed by atoms with Crippen LogP contribution in [-0.4, -0.2) is 31.9 Å². The molecule has 0 aromatic heterocycles. The van der Waals surface area contributed by atoms with Crippen LogP contribution in [0.1, 0.15) is 27.7 Å². The Bertz CT molecular complexity index is 241. The smallest absolute Gasteiger partial charge is 0.212 e. The number of sulfonamides is 1. The molecule has 0 aliphatic carbocycles. The van der Waals surface area contributed by atoms with E-state index in [-0.39, 0.29) is 17.8 Å². The van der Waals surface area contributed by atoms with E-state index in [1.54, 1.807) is 6.92 Å². The van der Waals surface area contributed by atoms with Gasteiger partial charge in [-0.3, -0.25) is 0 Å². The van der Waals surface area contributed by atoms with Gasteiger partial charge in [0.1, 0.15) is 0 Å². The summed E-state index contributed by atoms with van der Waals surface area (Å²) in [4.78, 5) is 0. The van der Waals surface area contributed by atoms with Gasteiger partial charge in [0, 0.05) is 6.04 Å². The monoisotopic (exact) mass is 209 g/mol. The van der Waals surface area contributed by atoms with E-state index < -0.39 is 16.1 Å². The molecule has 0 aliphatic heterocycles. The van der Waals surface area contributed by atoms with Gasteiger partial charge in [-0.2, -0.15) is 0 Å². The molecule has 0 spiro atoms. The molecular weight excluding hydrogens is 190 g/mol. The van der Waals surface area contributed by atoms with E-state index in [0.717, 1.165) is 0 Å². The maximum absolute atomic E-state index is 11.4. The lowest BCUT2D eigenvalue weighted by molar-refractivity contribution is 0.264. The molecule has 0 aliphatic rings. The molecule has 0 saturated carbocycles. The summed E-state index contributed by atoms with van der Waals surface area (Å²) in [5.74, 6) is 0.0737. The molecule has 0 rings (SSSR count). The molecule has 0 heterocycles. The van der Waals surface area contributed by atoms with Gasteiger partial charge in [-0.25, -0.2) is 13.1 Å². The van der Waals surface area contributed by atoms with Crippen molar-refractivity contribution in [2.24, 2.45) is 5.41 Å². The van der Waals surface area contributed by atoms with Gasteiger partial charge >= 0.3 is 0 Å². The zero-order valence-corrected chi connectivity index (χ0v) is 9.48. The number of rotatable bonds is 4. The Labute approximate surface area is 80.4 Å². The van der Waals surface area contributed by atoms with Crippen LogP contribution in [0.5, 0.6) is 0 Å². The lowest BCUT2D eigenvalue weighted by Crippen LogP contribution is -2.39. The summed E-state index contributed by atoms with van der Waals surface area (Å²) in [5.41, 5.74) is -0.263.